The van der Waals surface area contributed by atoms with Crippen molar-refractivity contribution in [2.45, 2.75) is 25.5 Å². The van der Waals surface area contributed by atoms with Crippen LogP contribution in [0, 0.1) is 0 Å². The van der Waals surface area contributed by atoms with Gasteiger partial charge in [-0.2, -0.15) is 0 Å². The maximum absolute atomic E-state index is 13.2. The number of ether oxygens (including phenoxy) is 2. The first-order valence-corrected chi connectivity index (χ1v) is 11.4. The lowest BCUT2D eigenvalue weighted by atomic mass is 9.98. The van der Waals surface area contributed by atoms with E-state index in [9.17, 15) is 9.59 Å². The summed E-state index contributed by atoms with van der Waals surface area (Å²) in [7, 11) is 0. The first kappa shape index (κ1) is 21.5. The molecule has 0 aromatic heterocycles. The van der Waals surface area contributed by atoms with Gasteiger partial charge < -0.3 is 9.47 Å². The number of anilines is 1. The molecule has 0 spiro atoms. The summed E-state index contributed by atoms with van der Waals surface area (Å²) in [6, 6.07) is 16.5. The normalized spacial score (nSPS) is 16.2. The third-order valence-electron chi connectivity index (χ3n) is 5.07. The molecule has 0 aliphatic carbocycles. The van der Waals surface area contributed by atoms with Crippen molar-refractivity contribution in [1.29, 1.82) is 0 Å². The Bertz CT molecular complexity index is 1130. The summed E-state index contributed by atoms with van der Waals surface area (Å²) in [5.74, 6) is 1.24. The Balaban J connectivity index is 1.70. The molecule has 5 nitrogen and oxygen atoms in total. The third-order valence-corrected chi connectivity index (χ3v) is 6.36. The Kier molecular flexibility index (Phi) is 6.39. The molecule has 0 bridgehead atoms. The van der Waals surface area contributed by atoms with Crippen LogP contribution in [0.2, 0.25) is 5.02 Å². The first-order chi connectivity index (χ1) is 15.0. The molecule has 0 unspecified atom stereocenters. The Labute approximate surface area is 190 Å². The highest BCUT2D eigenvalue weighted by atomic mass is 35.5. The molecule has 0 N–H and O–H groups in total. The lowest BCUT2D eigenvalue weighted by Crippen LogP contribution is -2.32. The molecule has 1 aliphatic rings. The van der Waals surface area contributed by atoms with Crippen molar-refractivity contribution in [1.82, 2.24) is 0 Å². The molecule has 7 heteroatoms. The van der Waals surface area contributed by atoms with Gasteiger partial charge in [0, 0.05) is 10.6 Å². The minimum Gasteiger partial charge on any atom is -0.494 e. The van der Waals surface area contributed by atoms with Crippen molar-refractivity contribution < 1.29 is 19.1 Å². The molecule has 1 aliphatic heterocycles. The quantitative estimate of drug-likeness (QED) is 0.430. The van der Waals surface area contributed by atoms with Crippen LogP contribution in [0.1, 0.15) is 19.4 Å². The fraction of sp³-hybridized carbons (Fsp3) is 0.250. The van der Waals surface area contributed by atoms with Crippen LogP contribution in [-0.2, 0) is 11.2 Å². The number of carbonyl (C=O) groups is 2. The molecule has 1 atom stereocenters. The van der Waals surface area contributed by atoms with Crippen molar-refractivity contribution in [3.63, 3.8) is 0 Å². The zero-order valence-corrected chi connectivity index (χ0v) is 18.8. The van der Waals surface area contributed by atoms with Gasteiger partial charge in [-0.15, -0.1) is 0 Å². The van der Waals surface area contributed by atoms with Crippen LogP contribution in [0.15, 0.2) is 54.6 Å². The average molecular weight is 456 g/mol. The maximum Gasteiger partial charge on any atom is 0.293 e. The summed E-state index contributed by atoms with van der Waals surface area (Å²) < 4.78 is 11.5. The molecule has 0 saturated carbocycles. The van der Waals surface area contributed by atoms with Crippen molar-refractivity contribution in [3.05, 3.63) is 65.2 Å². The molecule has 1 saturated heterocycles. The summed E-state index contributed by atoms with van der Waals surface area (Å²) >= 11 is 6.99. The van der Waals surface area contributed by atoms with Gasteiger partial charge in [-0.25, -0.2) is 4.90 Å². The number of halogens is 1. The minimum atomic E-state index is -0.538. The van der Waals surface area contributed by atoms with Gasteiger partial charge in [0.25, 0.3) is 5.24 Å². The highest BCUT2D eigenvalue weighted by Gasteiger charge is 2.41. The number of hydrogen-bond donors (Lipinski definition) is 0. The number of amides is 2. The zero-order chi connectivity index (χ0) is 22.0. The van der Waals surface area contributed by atoms with E-state index >= 15 is 0 Å². The van der Waals surface area contributed by atoms with Gasteiger partial charge in [-0.05, 0) is 73.5 Å². The van der Waals surface area contributed by atoms with E-state index in [0.717, 1.165) is 39.6 Å². The van der Waals surface area contributed by atoms with Crippen LogP contribution >= 0.6 is 23.4 Å². The summed E-state index contributed by atoms with van der Waals surface area (Å²) in [6.07, 6.45) is 0.377. The number of imide groups is 1. The van der Waals surface area contributed by atoms with E-state index < -0.39 is 5.25 Å². The van der Waals surface area contributed by atoms with Crippen LogP contribution in [-0.4, -0.2) is 29.6 Å². The smallest absolute Gasteiger partial charge is 0.293 e. The predicted molar refractivity (Wildman–Crippen MR) is 126 cm³/mol. The molecular weight excluding hydrogens is 434 g/mol. The average Bonchev–Trinajstić information content (AvgIpc) is 3.04. The summed E-state index contributed by atoms with van der Waals surface area (Å²) in [4.78, 5) is 27.1. The minimum absolute atomic E-state index is 0.238. The van der Waals surface area contributed by atoms with Crippen molar-refractivity contribution in [3.8, 4) is 11.5 Å². The van der Waals surface area contributed by atoms with Gasteiger partial charge in [-0.1, -0.05) is 35.5 Å². The maximum atomic E-state index is 13.2. The third kappa shape index (κ3) is 4.36. The van der Waals surface area contributed by atoms with Gasteiger partial charge in [0.05, 0.1) is 24.2 Å². The number of carbonyl (C=O) groups excluding carboxylic acids is 2. The zero-order valence-electron chi connectivity index (χ0n) is 17.3. The second kappa shape index (κ2) is 9.20. The number of benzene rings is 3. The fourth-order valence-electron chi connectivity index (χ4n) is 3.69. The molecule has 31 heavy (non-hydrogen) atoms. The van der Waals surface area contributed by atoms with Crippen LogP contribution in [0.3, 0.4) is 0 Å². The molecule has 3 aromatic rings. The van der Waals surface area contributed by atoms with Crippen molar-refractivity contribution >= 4 is 51.0 Å². The number of hydrogen-bond acceptors (Lipinski definition) is 5. The van der Waals surface area contributed by atoms with Gasteiger partial charge in [0.1, 0.15) is 11.5 Å². The Hall–Kier alpha value is -2.70. The highest BCUT2D eigenvalue weighted by Crippen LogP contribution is 2.38. The number of fused-ring (bicyclic) bond motifs is 1. The largest absolute Gasteiger partial charge is 0.494 e. The van der Waals surface area contributed by atoms with E-state index in [1.54, 1.807) is 24.3 Å². The van der Waals surface area contributed by atoms with Gasteiger partial charge in [0.2, 0.25) is 5.91 Å². The predicted octanol–water partition coefficient (Wildman–Crippen LogP) is 6.10. The molecule has 3 aromatic carbocycles. The van der Waals surface area contributed by atoms with Crippen LogP contribution < -0.4 is 14.4 Å². The molecule has 160 valence electrons. The van der Waals surface area contributed by atoms with Gasteiger partial charge in [0.15, 0.2) is 0 Å². The molecule has 1 heterocycles. The fourth-order valence-corrected chi connectivity index (χ4v) is 4.82. The lowest BCUT2D eigenvalue weighted by molar-refractivity contribution is -0.117. The van der Waals surface area contributed by atoms with E-state index in [-0.39, 0.29) is 11.1 Å². The topological polar surface area (TPSA) is 55.8 Å². The Morgan fingerprint density at radius 1 is 0.968 bits per heavy atom. The standard InChI is InChI=1S/C24H22ClNO4S/c1-3-29-18-11-5-15-6-12-21(30-4-2)20(19(15)13-18)14-22-23(27)26(24(28)31-22)17-9-7-16(25)8-10-17/h5-13,22H,3-4,14H2,1-2H3/t22-/m0/s1. The van der Waals surface area contributed by atoms with Crippen LogP contribution in [0.4, 0.5) is 10.5 Å². The monoisotopic (exact) mass is 455 g/mol. The SMILES string of the molecule is CCOc1ccc2ccc(OCC)c(C[C@@H]3SC(=O)N(c4ccc(Cl)cc4)C3=O)c2c1. The number of nitrogens with zero attached hydrogens (tertiary/aromatic N) is 1. The molecule has 4 rings (SSSR count). The lowest BCUT2D eigenvalue weighted by Gasteiger charge is -2.17. The van der Waals surface area contributed by atoms with E-state index in [1.165, 1.54) is 4.90 Å². The van der Waals surface area contributed by atoms with E-state index in [1.807, 2.05) is 44.2 Å². The Morgan fingerprint density at radius 3 is 2.39 bits per heavy atom. The van der Waals surface area contributed by atoms with Gasteiger partial charge in [-0.3, -0.25) is 9.59 Å². The summed E-state index contributed by atoms with van der Waals surface area (Å²) in [5.41, 5.74) is 1.42. The molecular formula is C24H22ClNO4S. The second-order valence-corrected chi connectivity index (χ2v) is 8.61. The van der Waals surface area contributed by atoms with Crippen molar-refractivity contribution in [2.75, 3.05) is 18.1 Å². The first-order valence-electron chi connectivity index (χ1n) is 10.1. The van der Waals surface area contributed by atoms with Crippen molar-refractivity contribution in [2.24, 2.45) is 0 Å². The number of rotatable bonds is 7. The van der Waals surface area contributed by atoms with E-state index in [0.29, 0.717) is 30.3 Å². The van der Waals surface area contributed by atoms with E-state index in [2.05, 4.69) is 0 Å². The molecule has 1 fully saturated rings. The Morgan fingerprint density at radius 2 is 1.68 bits per heavy atom. The van der Waals surface area contributed by atoms with Gasteiger partial charge >= 0.3 is 0 Å². The number of thioether (sulfide) groups is 1. The molecule has 0 radical (unpaired) electrons. The van der Waals surface area contributed by atoms with Crippen LogP contribution in [0.5, 0.6) is 11.5 Å². The highest BCUT2D eigenvalue weighted by molar-refractivity contribution is 8.15. The molecule has 2 amide bonds. The van der Waals surface area contributed by atoms with Crippen LogP contribution in [0.25, 0.3) is 10.8 Å². The second-order valence-electron chi connectivity index (χ2n) is 7.02. The summed E-state index contributed by atoms with van der Waals surface area (Å²) in [6.45, 7) is 4.93. The summed E-state index contributed by atoms with van der Waals surface area (Å²) in [5, 5.41) is 1.71. The van der Waals surface area contributed by atoms with E-state index in [4.69, 9.17) is 21.1 Å².